The van der Waals surface area contributed by atoms with Crippen molar-refractivity contribution in [3.05, 3.63) is 189 Å². The lowest BCUT2D eigenvalue weighted by Crippen LogP contribution is -2.12. The fourth-order valence-electron chi connectivity index (χ4n) is 5.08. The Labute approximate surface area is 282 Å². The standard InChI is InChI=1S/C36H30N2.C5H8.C4H8/c1-27-12-17-32(18-13-27)37(2)33-22-24-35(25-23-33)38(36-21-16-29-10-6-7-11-31(29)26-36)34-19-14-30(15-20-34)28-8-4-3-5-9-28;1-3-5-4-2;1-3-4-2/h3-26H,1-2H3;3-5H,1H2,2H3;3H,1,4H2,2H3/b;5-4-;. The van der Waals surface area contributed by atoms with Crippen LogP contribution < -0.4 is 9.80 Å². The van der Waals surface area contributed by atoms with Gasteiger partial charge in [0.05, 0.1) is 0 Å². The van der Waals surface area contributed by atoms with Crippen molar-refractivity contribution in [3.63, 3.8) is 0 Å². The van der Waals surface area contributed by atoms with Gasteiger partial charge in [0.2, 0.25) is 0 Å². The molecule has 0 heterocycles. The maximum absolute atomic E-state index is 3.48. The number of allylic oxidation sites excluding steroid dienone is 4. The summed E-state index contributed by atoms with van der Waals surface area (Å²) < 4.78 is 0. The van der Waals surface area contributed by atoms with Crippen molar-refractivity contribution in [1.82, 2.24) is 0 Å². The average Bonchev–Trinajstić information content (AvgIpc) is 3.13. The Kier molecular flexibility index (Phi) is 13.0. The highest BCUT2D eigenvalue weighted by atomic mass is 15.1. The first-order valence-corrected chi connectivity index (χ1v) is 16.2. The van der Waals surface area contributed by atoms with Gasteiger partial charge in [-0.3, -0.25) is 0 Å². The van der Waals surface area contributed by atoms with E-state index in [4.69, 9.17) is 0 Å². The van der Waals surface area contributed by atoms with E-state index >= 15 is 0 Å². The first kappa shape index (κ1) is 34.3. The summed E-state index contributed by atoms with van der Waals surface area (Å²) in [4.78, 5) is 4.55. The molecule has 6 rings (SSSR count). The maximum atomic E-state index is 3.48. The van der Waals surface area contributed by atoms with Crippen LogP contribution in [-0.2, 0) is 0 Å². The van der Waals surface area contributed by atoms with Gasteiger partial charge in [0, 0.05) is 35.5 Å². The van der Waals surface area contributed by atoms with Crippen LogP contribution in [0, 0.1) is 6.92 Å². The molecule has 0 saturated heterocycles. The monoisotopic (exact) mass is 614 g/mol. The molecule has 0 amide bonds. The highest BCUT2D eigenvalue weighted by molar-refractivity contribution is 5.89. The molecule has 6 aromatic carbocycles. The van der Waals surface area contributed by atoms with E-state index in [0.29, 0.717) is 0 Å². The fourth-order valence-corrected chi connectivity index (χ4v) is 5.08. The molecule has 0 aliphatic rings. The van der Waals surface area contributed by atoms with Crippen LogP contribution in [0.25, 0.3) is 21.9 Å². The van der Waals surface area contributed by atoms with Crippen molar-refractivity contribution in [1.29, 1.82) is 0 Å². The second-order valence-electron chi connectivity index (χ2n) is 11.1. The van der Waals surface area contributed by atoms with Crippen LogP contribution in [0.15, 0.2) is 183 Å². The SMILES string of the molecule is C=C/C=C\C.C=CCC.Cc1ccc(N(C)c2ccc(N(c3ccc(-c4ccccc4)cc3)c3ccc4ccccc4c3)cc2)cc1. The van der Waals surface area contributed by atoms with Gasteiger partial charge in [0.25, 0.3) is 0 Å². The van der Waals surface area contributed by atoms with Gasteiger partial charge in [-0.05, 0) is 103 Å². The number of anilines is 5. The Bertz CT molecular complexity index is 1850. The molecular weight excluding hydrogens is 569 g/mol. The van der Waals surface area contributed by atoms with Crippen LogP contribution in [0.5, 0.6) is 0 Å². The normalized spacial score (nSPS) is 10.3. The van der Waals surface area contributed by atoms with Gasteiger partial charge < -0.3 is 9.80 Å². The van der Waals surface area contributed by atoms with Crippen molar-refractivity contribution in [3.8, 4) is 11.1 Å². The highest BCUT2D eigenvalue weighted by Crippen LogP contribution is 2.38. The molecule has 236 valence electrons. The zero-order valence-corrected chi connectivity index (χ0v) is 28.2. The number of hydrogen-bond acceptors (Lipinski definition) is 2. The zero-order chi connectivity index (χ0) is 33.4. The zero-order valence-electron chi connectivity index (χ0n) is 28.2. The van der Waals surface area contributed by atoms with Crippen molar-refractivity contribution >= 4 is 39.2 Å². The minimum atomic E-state index is 1.08. The Morgan fingerprint density at radius 3 is 1.55 bits per heavy atom. The second-order valence-corrected chi connectivity index (χ2v) is 11.1. The lowest BCUT2D eigenvalue weighted by atomic mass is 10.0. The van der Waals surface area contributed by atoms with Gasteiger partial charge in [-0.15, -0.1) is 6.58 Å². The summed E-state index contributed by atoms with van der Waals surface area (Å²) in [6, 6.07) is 52.0. The molecule has 0 saturated carbocycles. The molecule has 0 aliphatic heterocycles. The number of aryl methyl sites for hydroxylation is 1. The van der Waals surface area contributed by atoms with Gasteiger partial charge in [-0.2, -0.15) is 0 Å². The van der Waals surface area contributed by atoms with Crippen LogP contribution in [-0.4, -0.2) is 7.05 Å². The Morgan fingerprint density at radius 2 is 1.02 bits per heavy atom. The van der Waals surface area contributed by atoms with E-state index in [1.165, 1.54) is 33.2 Å². The van der Waals surface area contributed by atoms with Crippen LogP contribution in [0.4, 0.5) is 28.4 Å². The molecule has 2 nitrogen and oxygen atoms in total. The topological polar surface area (TPSA) is 6.48 Å². The third-order valence-corrected chi connectivity index (χ3v) is 7.76. The molecule has 0 radical (unpaired) electrons. The Morgan fingerprint density at radius 1 is 0.553 bits per heavy atom. The third kappa shape index (κ3) is 9.45. The van der Waals surface area contributed by atoms with Crippen molar-refractivity contribution < 1.29 is 0 Å². The van der Waals surface area contributed by atoms with Crippen LogP contribution in [0.3, 0.4) is 0 Å². The minimum Gasteiger partial charge on any atom is -0.345 e. The minimum absolute atomic E-state index is 1.08. The predicted molar refractivity (Wildman–Crippen MR) is 209 cm³/mol. The van der Waals surface area contributed by atoms with Gasteiger partial charge in [-0.1, -0.05) is 128 Å². The Balaban J connectivity index is 0.000000494. The van der Waals surface area contributed by atoms with Gasteiger partial charge in [0.15, 0.2) is 0 Å². The van der Waals surface area contributed by atoms with E-state index in [1.807, 2.05) is 25.2 Å². The summed E-state index contributed by atoms with van der Waals surface area (Å²) in [5.74, 6) is 0. The molecule has 0 bridgehead atoms. The van der Waals surface area contributed by atoms with Gasteiger partial charge >= 0.3 is 0 Å². The summed E-state index contributed by atoms with van der Waals surface area (Å²) in [6.07, 6.45) is 8.53. The molecule has 0 N–H and O–H groups in total. The summed E-state index contributed by atoms with van der Waals surface area (Å²) in [5, 5.41) is 2.47. The fraction of sp³-hybridized carbons (Fsp3) is 0.111. The van der Waals surface area contributed by atoms with E-state index in [2.05, 4.69) is 189 Å². The smallest absolute Gasteiger partial charge is 0.0468 e. The van der Waals surface area contributed by atoms with Crippen molar-refractivity contribution in [2.75, 3.05) is 16.8 Å². The van der Waals surface area contributed by atoms with Gasteiger partial charge in [-0.25, -0.2) is 0 Å². The van der Waals surface area contributed by atoms with Crippen LogP contribution >= 0.6 is 0 Å². The predicted octanol–water partition coefficient (Wildman–Crippen LogP) is 13.4. The first-order valence-electron chi connectivity index (χ1n) is 16.2. The summed E-state index contributed by atoms with van der Waals surface area (Å²) >= 11 is 0. The first-order chi connectivity index (χ1) is 23.0. The van der Waals surface area contributed by atoms with E-state index < -0.39 is 0 Å². The molecule has 0 aliphatic carbocycles. The summed E-state index contributed by atoms with van der Waals surface area (Å²) in [6.45, 7) is 13.1. The molecule has 0 aromatic heterocycles. The summed E-state index contributed by atoms with van der Waals surface area (Å²) in [7, 11) is 2.11. The van der Waals surface area contributed by atoms with Crippen molar-refractivity contribution in [2.24, 2.45) is 0 Å². The average molecular weight is 615 g/mol. The molecule has 2 heteroatoms. The van der Waals surface area contributed by atoms with Crippen LogP contribution in [0.1, 0.15) is 25.8 Å². The van der Waals surface area contributed by atoms with Gasteiger partial charge in [0.1, 0.15) is 0 Å². The highest BCUT2D eigenvalue weighted by Gasteiger charge is 2.14. The molecule has 6 aromatic rings. The van der Waals surface area contributed by atoms with E-state index in [9.17, 15) is 0 Å². The number of nitrogens with zero attached hydrogens (tertiary/aromatic N) is 2. The lowest BCUT2D eigenvalue weighted by Gasteiger charge is -2.27. The number of hydrogen-bond donors (Lipinski definition) is 0. The largest absolute Gasteiger partial charge is 0.345 e. The lowest BCUT2D eigenvalue weighted by molar-refractivity contribution is 1.20. The van der Waals surface area contributed by atoms with Crippen molar-refractivity contribution in [2.45, 2.75) is 27.2 Å². The van der Waals surface area contributed by atoms with Crippen LogP contribution in [0.2, 0.25) is 0 Å². The second kappa shape index (κ2) is 17.8. The molecule has 0 spiro atoms. The third-order valence-electron chi connectivity index (χ3n) is 7.76. The Hall–Kier alpha value is -5.60. The molecule has 0 unspecified atom stereocenters. The quantitative estimate of drug-likeness (QED) is 0.124. The maximum Gasteiger partial charge on any atom is 0.0468 e. The molecular formula is C45H46N2. The van der Waals surface area contributed by atoms with E-state index in [-0.39, 0.29) is 0 Å². The van der Waals surface area contributed by atoms with E-state index in [0.717, 1.165) is 29.2 Å². The molecule has 0 fully saturated rings. The molecule has 0 atom stereocenters. The number of fused-ring (bicyclic) bond motifs is 1. The summed E-state index contributed by atoms with van der Waals surface area (Å²) in [5.41, 5.74) is 9.40. The number of rotatable bonds is 8. The molecule has 47 heavy (non-hydrogen) atoms. The van der Waals surface area contributed by atoms with E-state index in [1.54, 1.807) is 6.08 Å². The number of benzene rings is 6.